The van der Waals surface area contributed by atoms with Crippen molar-refractivity contribution in [2.24, 2.45) is 11.8 Å². The van der Waals surface area contributed by atoms with Gasteiger partial charge in [0.05, 0.1) is 32.7 Å². The topological polar surface area (TPSA) is 26.3 Å². The summed E-state index contributed by atoms with van der Waals surface area (Å²) in [5.41, 5.74) is 1.39. The zero-order chi connectivity index (χ0) is 16.1. The second kappa shape index (κ2) is 9.00. The highest BCUT2D eigenvalue weighted by atomic mass is 79.9. The third kappa shape index (κ3) is 5.32. The van der Waals surface area contributed by atoms with Gasteiger partial charge in [-0.25, -0.2) is 0 Å². The largest absolute Gasteiger partial charge is 1.00 e. The molecule has 1 saturated heterocycles. The van der Waals surface area contributed by atoms with Crippen LogP contribution in [0.4, 0.5) is 0 Å². The summed E-state index contributed by atoms with van der Waals surface area (Å²) in [5.74, 6) is 0.808. The Hall–Kier alpha value is -0.870. The number of ether oxygens (including phenoxy) is 1. The van der Waals surface area contributed by atoms with E-state index in [1.807, 2.05) is 0 Å². The zero-order valence-corrected chi connectivity index (χ0v) is 16.3. The molecule has 0 N–H and O–H groups in total. The molecule has 1 aliphatic carbocycles. The Morgan fingerprint density at radius 3 is 2.33 bits per heavy atom. The smallest absolute Gasteiger partial charge is 0.309 e. The number of hydrogen-bond acceptors (Lipinski definition) is 2. The molecule has 0 spiro atoms. The minimum atomic E-state index is 0. The SMILES string of the molecule is C[N+]1(Cc2ccccc2)CCC(C(=O)OCC2CCCC2)CC1.[Br-]. The van der Waals surface area contributed by atoms with Gasteiger partial charge in [0, 0.05) is 18.4 Å². The van der Waals surface area contributed by atoms with Gasteiger partial charge in [0.25, 0.3) is 0 Å². The Morgan fingerprint density at radius 1 is 1.08 bits per heavy atom. The fourth-order valence-electron chi connectivity index (χ4n) is 4.10. The van der Waals surface area contributed by atoms with Gasteiger partial charge in [-0.15, -0.1) is 0 Å². The first-order valence-corrected chi connectivity index (χ1v) is 9.19. The molecule has 0 bridgehead atoms. The highest BCUT2D eigenvalue weighted by Crippen LogP contribution is 2.28. The average Bonchev–Trinajstić information content (AvgIpc) is 3.07. The molecule has 2 aliphatic rings. The summed E-state index contributed by atoms with van der Waals surface area (Å²) in [6.45, 7) is 3.85. The van der Waals surface area contributed by atoms with Gasteiger partial charge in [0.2, 0.25) is 0 Å². The molecule has 1 aromatic rings. The minimum absolute atomic E-state index is 0. The molecule has 1 aromatic carbocycles. The number of halogens is 1. The van der Waals surface area contributed by atoms with Crippen molar-refractivity contribution in [1.29, 1.82) is 0 Å². The molecule has 0 aromatic heterocycles. The van der Waals surface area contributed by atoms with E-state index in [0.29, 0.717) is 12.5 Å². The molecule has 0 radical (unpaired) electrons. The molecule has 24 heavy (non-hydrogen) atoms. The Kier molecular flexibility index (Phi) is 7.30. The van der Waals surface area contributed by atoms with Crippen molar-refractivity contribution in [3.8, 4) is 0 Å². The first-order valence-electron chi connectivity index (χ1n) is 9.19. The van der Waals surface area contributed by atoms with Crippen LogP contribution in [0, 0.1) is 11.8 Å². The Labute approximate surface area is 156 Å². The number of likely N-dealkylation sites (tertiary alicyclic amines) is 1. The second-order valence-electron chi connectivity index (χ2n) is 7.77. The number of carbonyl (C=O) groups is 1. The molecule has 0 amide bonds. The number of nitrogens with zero attached hydrogens (tertiary/aromatic N) is 1. The van der Waals surface area contributed by atoms with Crippen LogP contribution in [0.3, 0.4) is 0 Å². The van der Waals surface area contributed by atoms with E-state index in [2.05, 4.69) is 37.4 Å². The molecule has 0 atom stereocenters. The molecule has 0 unspecified atom stereocenters. The molecule has 1 aliphatic heterocycles. The molecule has 3 nitrogen and oxygen atoms in total. The zero-order valence-electron chi connectivity index (χ0n) is 14.8. The molecule has 4 heteroatoms. The number of carbonyl (C=O) groups excluding carboxylic acids is 1. The van der Waals surface area contributed by atoms with Crippen molar-refractivity contribution in [3.63, 3.8) is 0 Å². The summed E-state index contributed by atoms with van der Waals surface area (Å²) >= 11 is 0. The van der Waals surface area contributed by atoms with Crippen LogP contribution in [-0.4, -0.2) is 37.2 Å². The number of piperidine rings is 1. The van der Waals surface area contributed by atoms with E-state index < -0.39 is 0 Å². The van der Waals surface area contributed by atoms with Crippen LogP contribution in [0.2, 0.25) is 0 Å². The van der Waals surface area contributed by atoms with Gasteiger partial charge in [0.15, 0.2) is 0 Å². The van der Waals surface area contributed by atoms with E-state index in [4.69, 9.17) is 4.74 Å². The van der Waals surface area contributed by atoms with E-state index in [9.17, 15) is 4.79 Å². The van der Waals surface area contributed by atoms with Gasteiger partial charge in [-0.3, -0.25) is 4.79 Å². The van der Waals surface area contributed by atoms with Crippen LogP contribution in [0.25, 0.3) is 0 Å². The molecular weight excluding hydrogens is 366 g/mol. The molecular formula is C20H30BrNO2. The Morgan fingerprint density at radius 2 is 1.71 bits per heavy atom. The van der Waals surface area contributed by atoms with Gasteiger partial charge in [-0.2, -0.15) is 0 Å². The van der Waals surface area contributed by atoms with E-state index in [1.54, 1.807) is 0 Å². The van der Waals surface area contributed by atoms with Gasteiger partial charge in [-0.1, -0.05) is 43.2 Å². The predicted molar refractivity (Wildman–Crippen MR) is 91.7 cm³/mol. The number of hydrogen-bond donors (Lipinski definition) is 0. The molecule has 1 heterocycles. The molecule has 2 fully saturated rings. The highest BCUT2D eigenvalue weighted by molar-refractivity contribution is 5.72. The number of benzene rings is 1. The molecule has 3 rings (SSSR count). The lowest BCUT2D eigenvalue weighted by molar-refractivity contribution is -0.927. The van der Waals surface area contributed by atoms with Crippen LogP contribution < -0.4 is 17.0 Å². The Bertz CT molecular complexity index is 506. The second-order valence-corrected chi connectivity index (χ2v) is 7.77. The van der Waals surface area contributed by atoms with E-state index in [1.165, 1.54) is 31.2 Å². The predicted octanol–water partition coefficient (Wildman–Crippen LogP) is 0.781. The van der Waals surface area contributed by atoms with E-state index in [0.717, 1.165) is 37.0 Å². The van der Waals surface area contributed by atoms with Crippen molar-refractivity contribution >= 4 is 5.97 Å². The fourth-order valence-corrected chi connectivity index (χ4v) is 4.10. The first kappa shape index (κ1) is 19.5. The van der Waals surface area contributed by atoms with Crippen molar-refractivity contribution in [2.45, 2.75) is 45.1 Å². The van der Waals surface area contributed by atoms with Crippen LogP contribution in [-0.2, 0) is 16.1 Å². The van der Waals surface area contributed by atoms with Crippen LogP contribution in [0.1, 0.15) is 44.1 Å². The summed E-state index contributed by atoms with van der Waals surface area (Å²) in [6.07, 6.45) is 7.02. The summed E-state index contributed by atoms with van der Waals surface area (Å²) in [4.78, 5) is 12.3. The lowest BCUT2D eigenvalue weighted by Crippen LogP contribution is -3.00. The number of esters is 1. The number of rotatable bonds is 5. The summed E-state index contributed by atoms with van der Waals surface area (Å²) < 4.78 is 6.64. The summed E-state index contributed by atoms with van der Waals surface area (Å²) in [6, 6.07) is 10.7. The highest BCUT2D eigenvalue weighted by Gasteiger charge is 2.34. The van der Waals surface area contributed by atoms with Crippen molar-refractivity contribution in [3.05, 3.63) is 35.9 Å². The summed E-state index contributed by atoms with van der Waals surface area (Å²) in [5, 5.41) is 0. The van der Waals surface area contributed by atoms with Crippen molar-refractivity contribution in [2.75, 3.05) is 26.7 Å². The van der Waals surface area contributed by atoms with Gasteiger partial charge < -0.3 is 26.2 Å². The third-order valence-electron chi connectivity index (χ3n) is 5.71. The van der Waals surface area contributed by atoms with Crippen LogP contribution in [0.15, 0.2) is 30.3 Å². The summed E-state index contributed by atoms with van der Waals surface area (Å²) in [7, 11) is 2.31. The van der Waals surface area contributed by atoms with Crippen molar-refractivity contribution in [1.82, 2.24) is 0 Å². The monoisotopic (exact) mass is 395 g/mol. The molecule has 134 valence electrons. The normalized spacial score (nSPS) is 27.5. The fraction of sp³-hybridized carbons (Fsp3) is 0.650. The quantitative estimate of drug-likeness (QED) is 0.543. The lowest BCUT2D eigenvalue weighted by Gasteiger charge is -2.40. The van der Waals surface area contributed by atoms with Crippen molar-refractivity contribution < 1.29 is 31.0 Å². The van der Waals surface area contributed by atoms with Crippen LogP contribution >= 0.6 is 0 Å². The number of quaternary nitrogens is 1. The first-order chi connectivity index (χ1) is 11.1. The van der Waals surface area contributed by atoms with Crippen LogP contribution in [0.5, 0.6) is 0 Å². The van der Waals surface area contributed by atoms with E-state index >= 15 is 0 Å². The Balaban J connectivity index is 0.00000208. The van der Waals surface area contributed by atoms with E-state index in [-0.39, 0.29) is 28.9 Å². The standard InChI is InChI=1S/C20H30NO2.BrH/c1-21(15-17-7-3-2-4-8-17)13-11-19(12-14-21)20(22)23-16-18-9-5-6-10-18;/h2-4,7-8,18-19H,5-6,9-16H2,1H3;1H/q+1;/p-1. The average molecular weight is 396 g/mol. The lowest BCUT2D eigenvalue weighted by atomic mass is 9.94. The van der Waals surface area contributed by atoms with Gasteiger partial charge >= 0.3 is 5.97 Å². The van der Waals surface area contributed by atoms with Gasteiger partial charge in [0.1, 0.15) is 6.54 Å². The maximum Gasteiger partial charge on any atom is 0.309 e. The van der Waals surface area contributed by atoms with Gasteiger partial charge in [-0.05, 0) is 18.8 Å². The molecule has 1 saturated carbocycles. The minimum Gasteiger partial charge on any atom is -1.00 e. The third-order valence-corrected chi connectivity index (χ3v) is 5.71. The maximum atomic E-state index is 12.3. The maximum absolute atomic E-state index is 12.3.